The molecular weight excluding hydrogens is 236 g/mol. The highest BCUT2D eigenvalue weighted by atomic mass is 16.2. The van der Waals surface area contributed by atoms with Crippen LogP contribution < -0.4 is 5.32 Å². The summed E-state index contributed by atoms with van der Waals surface area (Å²) in [5.74, 6) is 1.36. The van der Waals surface area contributed by atoms with E-state index in [1.54, 1.807) is 0 Å². The Morgan fingerprint density at radius 2 is 1.84 bits per heavy atom. The zero-order valence-corrected chi connectivity index (χ0v) is 12.7. The molecule has 2 aliphatic rings. The summed E-state index contributed by atoms with van der Waals surface area (Å²) in [6.45, 7) is 7.38. The first-order chi connectivity index (χ1) is 9.22. The van der Waals surface area contributed by atoms with Gasteiger partial charge < -0.3 is 10.2 Å². The zero-order valence-electron chi connectivity index (χ0n) is 12.7. The summed E-state index contributed by atoms with van der Waals surface area (Å²) < 4.78 is 0. The molecule has 0 radical (unpaired) electrons. The lowest BCUT2D eigenvalue weighted by molar-refractivity contribution is -0.138. The smallest absolute Gasteiger partial charge is 0.225 e. The van der Waals surface area contributed by atoms with Crippen molar-refractivity contribution < 1.29 is 4.79 Å². The number of piperidine rings is 1. The van der Waals surface area contributed by atoms with Crippen molar-refractivity contribution in [2.45, 2.75) is 64.8 Å². The van der Waals surface area contributed by atoms with Crippen LogP contribution >= 0.6 is 0 Å². The summed E-state index contributed by atoms with van der Waals surface area (Å²) in [6, 6.07) is 0.600. The molecule has 3 nitrogen and oxygen atoms in total. The molecular formula is C16H30N2O. The van der Waals surface area contributed by atoms with Crippen LogP contribution in [0.25, 0.3) is 0 Å². The SMILES string of the molecule is CCNC1CCN(C(=O)C2CCCCCC2)CC1C. The van der Waals surface area contributed by atoms with Crippen LogP contribution in [0.3, 0.4) is 0 Å². The Hall–Kier alpha value is -0.570. The van der Waals surface area contributed by atoms with E-state index >= 15 is 0 Å². The first kappa shape index (κ1) is 14.8. The molecule has 1 aliphatic heterocycles. The van der Waals surface area contributed by atoms with Crippen molar-refractivity contribution in [2.24, 2.45) is 11.8 Å². The molecule has 110 valence electrons. The van der Waals surface area contributed by atoms with Gasteiger partial charge in [0.25, 0.3) is 0 Å². The number of nitrogens with zero attached hydrogens (tertiary/aromatic N) is 1. The Bertz CT molecular complexity index is 284. The fourth-order valence-corrected chi connectivity index (χ4v) is 3.70. The van der Waals surface area contributed by atoms with E-state index in [-0.39, 0.29) is 0 Å². The van der Waals surface area contributed by atoms with Gasteiger partial charge in [-0.3, -0.25) is 4.79 Å². The van der Waals surface area contributed by atoms with Crippen LogP contribution in [0.15, 0.2) is 0 Å². The van der Waals surface area contributed by atoms with E-state index in [0.29, 0.717) is 23.8 Å². The molecule has 1 amide bonds. The topological polar surface area (TPSA) is 32.3 Å². The Morgan fingerprint density at radius 1 is 1.16 bits per heavy atom. The predicted molar refractivity (Wildman–Crippen MR) is 79.0 cm³/mol. The quantitative estimate of drug-likeness (QED) is 0.797. The Labute approximate surface area is 118 Å². The molecule has 3 heteroatoms. The number of rotatable bonds is 3. The van der Waals surface area contributed by atoms with Gasteiger partial charge in [0.2, 0.25) is 5.91 Å². The van der Waals surface area contributed by atoms with Crippen LogP contribution in [0, 0.1) is 11.8 Å². The van der Waals surface area contributed by atoms with Crippen LogP contribution in [0.1, 0.15) is 58.8 Å². The molecule has 0 aromatic rings. The first-order valence-electron chi connectivity index (χ1n) is 8.24. The molecule has 1 heterocycles. The minimum absolute atomic E-state index is 0.324. The summed E-state index contributed by atoms with van der Waals surface area (Å²) >= 11 is 0. The van der Waals surface area contributed by atoms with E-state index in [4.69, 9.17) is 0 Å². The predicted octanol–water partition coefficient (Wildman–Crippen LogP) is 2.80. The van der Waals surface area contributed by atoms with E-state index in [2.05, 4.69) is 24.1 Å². The van der Waals surface area contributed by atoms with Crippen molar-refractivity contribution in [3.8, 4) is 0 Å². The van der Waals surface area contributed by atoms with Crippen molar-refractivity contribution in [2.75, 3.05) is 19.6 Å². The maximum atomic E-state index is 12.6. The number of carbonyl (C=O) groups is 1. The average Bonchev–Trinajstić information content (AvgIpc) is 2.69. The second-order valence-electron chi connectivity index (χ2n) is 6.40. The molecule has 1 aliphatic carbocycles. The second-order valence-corrected chi connectivity index (χ2v) is 6.40. The third kappa shape index (κ3) is 3.95. The molecule has 2 fully saturated rings. The summed E-state index contributed by atoms with van der Waals surface area (Å²) in [7, 11) is 0. The molecule has 2 atom stereocenters. The van der Waals surface area contributed by atoms with Crippen molar-refractivity contribution in [1.82, 2.24) is 10.2 Å². The minimum atomic E-state index is 0.324. The van der Waals surface area contributed by atoms with Gasteiger partial charge in [0.1, 0.15) is 0 Å². The van der Waals surface area contributed by atoms with Crippen molar-refractivity contribution >= 4 is 5.91 Å². The van der Waals surface area contributed by atoms with Crippen LogP contribution in [-0.4, -0.2) is 36.5 Å². The van der Waals surface area contributed by atoms with Crippen LogP contribution in [0.5, 0.6) is 0 Å². The largest absolute Gasteiger partial charge is 0.342 e. The minimum Gasteiger partial charge on any atom is -0.342 e. The van der Waals surface area contributed by atoms with Gasteiger partial charge in [0.15, 0.2) is 0 Å². The normalized spacial score (nSPS) is 30.1. The third-order valence-electron chi connectivity index (χ3n) is 4.89. The lowest BCUT2D eigenvalue weighted by atomic mass is 9.91. The number of amides is 1. The van der Waals surface area contributed by atoms with Crippen LogP contribution in [0.2, 0.25) is 0 Å². The maximum absolute atomic E-state index is 12.6. The lowest BCUT2D eigenvalue weighted by Crippen LogP contribution is -2.51. The van der Waals surface area contributed by atoms with Gasteiger partial charge in [-0.25, -0.2) is 0 Å². The van der Waals surface area contributed by atoms with Gasteiger partial charge in [-0.15, -0.1) is 0 Å². The number of nitrogens with one attached hydrogen (secondary N) is 1. The molecule has 19 heavy (non-hydrogen) atoms. The highest BCUT2D eigenvalue weighted by Crippen LogP contribution is 2.26. The Kier molecular flexibility index (Phi) is 5.68. The zero-order chi connectivity index (χ0) is 13.7. The molecule has 0 spiro atoms. The Morgan fingerprint density at radius 3 is 2.42 bits per heavy atom. The van der Waals surface area contributed by atoms with Gasteiger partial charge in [-0.05, 0) is 31.7 Å². The van der Waals surface area contributed by atoms with E-state index in [0.717, 1.165) is 38.9 Å². The number of carbonyl (C=O) groups excluding carboxylic acids is 1. The molecule has 1 N–H and O–H groups in total. The monoisotopic (exact) mass is 266 g/mol. The fraction of sp³-hybridized carbons (Fsp3) is 0.938. The molecule has 0 aromatic carbocycles. The first-order valence-corrected chi connectivity index (χ1v) is 8.24. The van der Waals surface area contributed by atoms with E-state index in [1.807, 2.05) is 0 Å². The van der Waals surface area contributed by atoms with E-state index < -0.39 is 0 Å². The lowest BCUT2D eigenvalue weighted by Gasteiger charge is -2.38. The molecule has 1 saturated carbocycles. The number of hydrogen-bond donors (Lipinski definition) is 1. The third-order valence-corrected chi connectivity index (χ3v) is 4.89. The van der Waals surface area contributed by atoms with Gasteiger partial charge in [-0.2, -0.15) is 0 Å². The Balaban J connectivity index is 1.86. The summed E-state index contributed by atoms with van der Waals surface area (Å²) in [4.78, 5) is 14.8. The standard InChI is InChI=1S/C16H30N2O/c1-3-17-15-10-11-18(12-13(15)2)16(19)14-8-6-4-5-7-9-14/h13-15,17H,3-12H2,1-2H3. The van der Waals surface area contributed by atoms with Gasteiger partial charge in [-0.1, -0.05) is 39.5 Å². The molecule has 1 saturated heterocycles. The van der Waals surface area contributed by atoms with E-state index in [9.17, 15) is 4.79 Å². The summed E-state index contributed by atoms with van der Waals surface area (Å²) in [5.41, 5.74) is 0. The maximum Gasteiger partial charge on any atom is 0.225 e. The number of hydrogen-bond acceptors (Lipinski definition) is 2. The van der Waals surface area contributed by atoms with Gasteiger partial charge >= 0.3 is 0 Å². The number of likely N-dealkylation sites (tertiary alicyclic amines) is 1. The van der Waals surface area contributed by atoms with Gasteiger partial charge in [0.05, 0.1) is 0 Å². The fourth-order valence-electron chi connectivity index (χ4n) is 3.70. The molecule has 2 rings (SSSR count). The molecule has 0 bridgehead atoms. The van der Waals surface area contributed by atoms with Crippen molar-refractivity contribution in [1.29, 1.82) is 0 Å². The van der Waals surface area contributed by atoms with Crippen LogP contribution in [-0.2, 0) is 4.79 Å². The summed E-state index contributed by atoms with van der Waals surface area (Å²) in [6.07, 6.45) is 8.51. The average molecular weight is 266 g/mol. The summed E-state index contributed by atoms with van der Waals surface area (Å²) in [5, 5.41) is 3.55. The van der Waals surface area contributed by atoms with E-state index in [1.165, 1.54) is 25.7 Å². The van der Waals surface area contributed by atoms with Crippen LogP contribution in [0.4, 0.5) is 0 Å². The highest BCUT2D eigenvalue weighted by Gasteiger charge is 2.31. The van der Waals surface area contributed by atoms with Gasteiger partial charge in [0, 0.05) is 25.0 Å². The van der Waals surface area contributed by atoms with Crippen molar-refractivity contribution in [3.63, 3.8) is 0 Å². The second kappa shape index (κ2) is 7.28. The molecule has 2 unspecified atom stereocenters. The molecule has 0 aromatic heterocycles. The highest BCUT2D eigenvalue weighted by molar-refractivity contribution is 5.79. The van der Waals surface area contributed by atoms with Crippen molar-refractivity contribution in [3.05, 3.63) is 0 Å².